The van der Waals surface area contributed by atoms with Crippen molar-refractivity contribution in [2.45, 2.75) is 33.6 Å². The van der Waals surface area contributed by atoms with E-state index in [1.54, 1.807) is 0 Å². The van der Waals surface area contributed by atoms with Crippen LogP contribution in [0.3, 0.4) is 0 Å². The summed E-state index contributed by atoms with van der Waals surface area (Å²) in [6, 6.07) is 23.7. The van der Waals surface area contributed by atoms with Crippen LogP contribution in [0.2, 0.25) is 0 Å². The molecule has 0 radical (unpaired) electrons. The maximum Gasteiger partial charge on any atom is 0.243 e. The molecule has 1 heterocycles. The molecule has 6 nitrogen and oxygen atoms in total. The van der Waals surface area contributed by atoms with Crippen molar-refractivity contribution >= 4 is 33.4 Å². The van der Waals surface area contributed by atoms with Crippen LogP contribution in [0.25, 0.3) is 0 Å². The number of carbonyl (C=O) groups is 1. The van der Waals surface area contributed by atoms with Crippen LogP contribution in [-0.2, 0) is 16.1 Å². The Morgan fingerprint density at radius 2 is 1.76 bits per heavy atom. The van der Waals surface area contributed by atoms with Gasteiger partial charge < -0.3 is 14.4 Å². The first kappa shape index (κ1) is 23.8. The van der Waals surface area contributed by atoms with Gasteiger partial charge in [0.15, 0.2) is 0 Å². The minimum atomic E-state index is -0.724. The van der Waals surface area contributed by atoms with Crippen LogP contribution < -0.4 is 9.64 Å². The van der Waals surface area contributed by atoms with E-state index in [9.17, 15) is 4.79 Å². The molecule has 0 N–H and O–H groups in total. The van der Waals surface area contributed by atoms with Gasteiger partial charge in [0.25, 0.3) is 0 Å². The molecule has 0 saturated heterocycles. The van der Waals surface area contributed by atoms with Gasteiger partial charge >= 0.3 is 0 Å². The quantitative estimate of drug-likeness (QED) is 0.358. The fraction of sp³-hybridized carbons (Fsp3) is 0.259. The standard InChI is InChI=1S/C27H28BrN3O3/c1-4-30(5-2)23-14-11-21(12-15-23)26-29-31(19(3)32)27(34-26)24-17-22(28)13-16-25(24)33-18-20-9-7-6-8-10-20/h6-17,27H,4-5,18H2,1-3H3. The molecule has 1 amide bonds. The van der Waals surface area contributed by atoms with E-state index in [0.717, 1.165) is 39.9 Å². The molecular formula is C27H28BrN3O3. The Morgan fingerprint density at radius 1 is 1.06 bits per heavy atom. The zero-order valence-electron chi connectivity index (χ0n) is 19.6. The molecule has 0 bridgehead atoms. The average molecular weight is 522 g/mol. The second kappa shape index (κ2) is 10.7. The second-order valence-electron chi connectivity index (χ2n) is 7.91. The molecule has 176 valence electrons. The molecule has 1 atom stereocenters. The lowest BCUT2D eigenvalue weighted by molar-refractivity contribution is -0.135. The van der Waals surface area contributed by atoms with Crippen molar-refractivity contribution in [1.29, 1.82) is 0 Å². The Morgan fingerprint density at radius 3 is 2.41 bits per heavy atom. The summed E-state index contributed by atoms with van der Waals surface area (Å²) in [7, 11) is 0. The number of nitrogens with zero attached hydrogens (tertiary/aromatic N) is 3. The van der Waals surface area contributed by atoms with Gasteiger partial charge in [-0.3, -0.25) is 4.79 Å². The maximum atomic E-state index is 12.5. The highest BCUT2D eigenvalue weighted by atomic mass is 79.9. The number of hydrogen-bond donors (Lipinski definition) is 0. The zero-order valence-corrected chi connectivity index (χ0v) is 21.2. The molecule has 0 aromatic heterocycles. The summed E-state index contributed by atoms with van der Waals surface area (Å²) >= 11 is 3.53. The Hall–Kier alpha value is -3.32. The van der Waals surface area contributed by atoms with Gasteiger partial charge in [0, 0.05) is 35.7 Å². The predicted molar refractivity (Wildman–Crippen MR) is 138 cm³/mol. The van der Waals surface area contributed by atoms with Crippen molar-refractivity contribution in [3.05, 3.63) is 94.0 Å². The van der Waals surface area contributed by atoms with E-state index in [0.29, 0.717) is 18.3 Å². The number of anilines is 1. The molecule has 1 aliphatic rings. The van der Waals surface area contributed by atoms with Gasteiger partial charge in [-0.15, -0.1) is 5.10 Å². The molecule has 7 heteroatoms. The zero-order chi connectivity index (χ0) is 24.1. The van der Waals surface area contributed by atoms with Gasteiger partial charge in [0.1, 0.15) is 12.4 Å². The lowest BCUT2D eigenvalue weighted by Gasteiger charge is -2.22. The highest BCUT2D eigenvalue weighted by Crippen LogP contribution is 2.37. The van der Waals surface area contributed by atoms with Crippen LogP contribution in [0.15, 0.2) is 82.4 Å². The SMILES string of the molecule is CCN(CC)c1ccc(C2=NN(C(C)=O)C(c3cc(Br)ccc3OCc3ccccc3)O2)cc1. The number of hydrazone groups is 1. The Kier molecular flexibility index (Phi) is 7.53. The van der Waals surface area contributed by atoms with Crippen LogP contribution in [0.1, 0.15) is 43.7 Å². The number of ether oxygens (including phenoxy) is 2. The molecule has 0 fully saturated rings. The van der Waals surface area contributed by atoms with Gasteiger partial charge in [0.05, 0.1) is 5.56 Å². The summed E-state index contributed by atoms with van der Waals surface area (Å²) in [5, 5.41) is 5.88. The van der Waals surface area contributed by atoms with Crippen LogP contribution in [0, 0.1) is 0 Å². The summed E-state index contributed by atoms with van der Waals surface area (Å²) < 4.78 is 13.2. The van der Waals surface area contributed by atoms with E-state index in [2.05, 4.69) is 39.8 Å². The smallest absolute Gasteiger partial charge is 0.243 e. The van der Waals surface area contributed by atoms with Crippen molar-refractivity contribution in [1.82, 2.24) is 5.01 Å². The minimum Gasteiger partial charge on any atom is -0.488 e. The maximum absolute atomic E-state index is 12.5. The third-order valence-electron chi connectivity index (χ3n) is 5.68. The summed E-state index contributed by atoms with van der Waals surface area (Å²) in [5.74, 6) is 0.825. The van der Waals surface area contributed by atoms with Crippen molar-refractivity contribution < 1.29 is 14.3 Å². The molecule has 34 heavy (non-hydrogen) atoms. The summed E-state index contributed by atoms with van der Waals surface area (Å²) in [5.41, 5.74) is 3.72. The number of hydrogen-bond acceptors (Lipinski definition) is 5. The van der Waals surface area contributed by atoms with Crippen molar-refractivity contribution in [3.8, 4) is 5.75 Å². The highest BCUT2D eigenvalue weighted by molar-refractivity contribution is 9.10. The number of benzene rings is 3. The molecule has 1 unspecified atom stereocenters. The van der Waals surface area contributed by atoms with Crippen LogP contribution in [0.4, 0.5) is 5.69 Å². The first-order valence-electron chi connectivity index (χ1n) is 11.4. The average Bonchev–Trinajstić information content (AvgIpc) is 3.31. The normalized spacial score (nSPS) is 15.0. The molecule has 0 aliphatic carbocycles. The number of rotatable bonds is 8. The third kappa shape index (κ3) is 5.25. The largest absolute Gasteiger partial charge is 0.488 e. The van der Waals surface area contributed by atoms with E-state index in [-0.39, 0.29) is 5.91 Å². The second-order valence-corrected chi connectivity index (χ2v) is 8.83. The lowest BCUT2D eigenvalue weighted by atomic mass is 10.1. The molecule has 3 aromatic rings. The number of carbonyl (C=O) groups excluding carboxylic acids is 1. The molecule has 3 aromatic carbocycles. The number of amides is 1. The topological polar surface area (TPSA) is 54.4 Å². The summed E-state index contributed by atoms with van der Waals surface area (Å²) in [6.07, 6.45) is -0.724. The van der Waals surface area contributed by atoms with Crippen LogP contribution in [-0.4, -0.2) is 29.9 Å². The fourth-order valence-electron chi connectivity index (χ4n) is 3.87. The van der Waals surface area contributed by atoms with Crippen molar-refractivity contribution in [3.63, 3.8) is 0 Å². The van der Waals surface area contributed by atoms with Crippen LogP contribution in [0.5, 0.6) is 5.75 Å². The van der Waals surface area contributed by atoms with Crippen molar-refractivity contribution in [2.75, 3.05) is 18.0 Å². The summed E-state index contributed by atoms with van der Waals surface area (Å²) in [6.45, 7) is 8.01. The monoisotopic (exact) mass is 521 g/mol. The molecule has 1 aliphatic heterocycles. The first-order chi connectivity index (χ1) is 16.5. The Labute approximate surface area is 208 Å². The Bertz CT molecular complexity index is 1160. The van der Waals surface area contributed by atoms with Gasteiger partial charge in [0.2, 0.25) is 18.0 Å². The van der Waals surface area contributed by atoms with Gasteiger partial charge in [-0.2, -0.15) is 5.01 Å². The predicted octanol–water partition coefficient (Wildman–Crippen LogP) is 6.11. The third-order valence-corrected chi connectivity index (χ3v) is 6.18. The lowest BCUT2D eigenvalue weighted by Crippen LogP contribution is -2.25. The molecule has 0 spiro atoms. The van der Waals surface area contributed by atoms with Crippen LogP contribution >= 0.6 is 15.9 Å². The first-order valence-corrected chi connectivity index (χ1v) is 12.2. The van der Waals surface area contributed by atoms with Gasteiger partial charge in [-0.1, -0.05) is 46.3 Å². The van der Waals surface area contributed by atoms with E-state index in [1.807, 2.05) is 72.8 Å². The summed E-state index contributed by atoms with van der Waals surface area (Å²) in [4.78, 5) is 14.8. The molecule has 4 rings (SSSR count). The van der Waals surface area contributed by atoms with Gasteiger partial charge in [-0.05, 0) is 61.9 Å². The fourth-order valence-corrected chi connectivity index (χ4v) is 4.25. The van der Waals surface area contributed by atoms with Gasteiger partial charge in [-0.25, -0.2) is 0 Å². The Balaban J connectivity index is 1.60. The molecular weight excluding hydrogens is 494 g/mol. The number of halogens is 1. The van der Waals surface area contributed by atoms with E-state index >= 15 is 0 Å². The minimum absolute atomic E-state index is 0.214. The highest BCUT2D eigenvalue weighted by Gasteiger charge is 2.35. The van der Waals surface area contributed by atoms with E-state index < -0.39 is 6.23 Å². The van der Waals surface area contributed by atoms with E-state index in [1.165, 1.54) is 11.9 Å². The van der Waals surface area contributed by atoms with E-state index in [4.69, 9.17) is 9.47 Å². The van der Waals surface area contributed by atoms with Crippen molar-refractivity contribution in [2.24, 2.45) is 5.10 Å². The molecule has 0 saturated carbocycles.